The summed E-state index contributed by atoms with van der Waals surface area (Å²) in [4.78, 5) is 0. The van der Waals surface area contributed by atoms with E-state index >= 15 is 0 Å². The van der Waals surface area contributed by atoms with Crippen LogP contribution in [0, 0.1) is 0 Å². The van der Waals surface area contributed by atoms with Gasteiger partial charge in [-0.3, -0.25) is 0 Å². The van der Waals surface area contributed by atoms with Crippen LogP contribution in [0.1, 0.15) is 68.2 Å². The molecule has 0 amide bonds. The second-order valence-corrected chi connectivity index (χ2v) is 12.7. The van der Waals surface area contributed by atoms with Gasteiger partial charge in [-0.15, -0.1) is 0 Å². The van der Waals surface area contributed by atoms with E-state index in [0.717, 1.165) is 0 Å². The van der Waals surface area contributed by atoms with Gasteiger partial charge in [-0.2, -0.15) is 0 Å². The van der Waals surface area contributed by atoms with Crippen LogP contribution >= 0.6 is 0 Å². The predicted octanol–water partition coefficient (Wildman–Crippen LogP) is -2.62. The van der Waals surface area contributed by atoms with Gasteiger partial charge in [-0.05, 0) is 55.4 Å². The summed E-state index contributed by atoms with van der Waals surface area (Å²) in [5, 5.41) is 90.9. The molecule has 4 saturated heterocycles. The van der Waals surface area contributed by atoms with E-state index in [9.17, 15) is 25.5 Å². The molecule has 288 valence electrons. The number of aliphatic hydroxyl groups is 10. The number of rotatable bonds is 10. The van der Waals surface area contributed by atoms with E-state index in [2.05, 4.69) is 0 Å². The summed E-state index contributed by atoms with van der Waals surface area (Å²) in [5.41, 5.74) is 0. The van der Waals surface area contributed by atoms with E-state index in [-0.39, 0.29) is 50.2 Å². The third-order valence-electron chi connectivity index (χ3n) is 6.72. The molecule has 0 saturated carbocycles. The average Bonchev–Trinajstić information content (AvgIpc) is 3.66. The minimum atomic E-state index is -1.36. The van der Waals surface area contributed by atoms with Crippen LogP contribution in [-0.4, -0.2) is 175 Å². The van der Waals surface area contributed by atoms with Crippen LogP contribution < -0.4 is 0 Å². The molecular weight excluding hydrogens is 648 g/mol. The summed E-state index contributed by atoms with van der Waals surface area (Å²) in [6, 6.07) is 0. The number of aliphatic hydroxyl groups excluding tert-OH is 10. The van der Waals surface area contributed by atoms with Gasteiger partial charge in [-0.25, -0.2) is 0 Å². The highest BCUT2D eigenvalue weighted by atomic mass is 16.8. The fourth-order valence-corrected chi connectivity index (χ4v) is 4.49. The van der Waals surface area contributed by atoms with Crippen molar-refractivity contribution in [2.75, 3.05) is 13.2 Å². The minimum Gasteiger partial charge on any atom is -0.394 e. The molecular formula is C30H60O18. The van der Waals surface area contributed by atoms with Crippen LogP contribution in [0.5, 0.6) is 0 Å². The zero-order valence-electron chi connectivity index (χ0n) is 29.0. The molecule has 14 unspecified atom stereocenters. The van der Waals surface area contributed by atoms with Crippen molar-refractivity contribution in [3.05, 3.63) is 0 Å². The van der Waals surface area contributed by atoms with Gasteiger partial charge in [0.1, 0.15) is 42.7 Å². The standard InChI is InChI=1S/C8H16O5.C8H16O4.C7H14O5.C7H14O4/c1-4(2)12-8-7(11)6(10)5(3-9)13-8;1-5(2)11-8-7(10)3-6(4-9)12-8;1-3(2)11-7-5(9)4(8)6(10)12-7;1-4(2)10-7-5(8)3-6(9)11-7/h4-11H,3H2,1-2H3;5-10H,3-4H2,1-2H3;3-10H,1-2H3;4-9H,3H2,1-2H3. The van der Waals surface area contributed by atoms with Gasteiger partial charge in [-0.1, -0.05) is 0 Å². The summed E-state index contributed by atoms with van der Waals surface area (Å²) in [6.07, 6.45) is -11.7. The van der Waals surface area contributed by atoms with Crippen molar-refractivity contribution in [3.8, 4) is 0 Å². The van der Waals surface area contributed by atoms with Gasteiger partial charge in [0.2, 0.25) is 0 Å². The maximum absolute atomic E-state index is 9.40. The van der Waals surface area contributed by atoms with Crippen LogP contribution in [0.3, 0.4) is 0 Å². The van der Waals surface area contributed by atoms with E-state index in [0.29, 0.717) is 6.42 Å². The number of ether oxygens (including phenoxy) is 8. The predicted molar refractivity (Wildman–Crippen MR) is 163 cm³/mol. The molecule has 0 aromatic heterocycles. The fourth-order valence-electron chi connectivity index (χ4n) is 4.49. The lowest BCUT2D eigenvalue weighted by Crippen LogP contribution is -2.35. The molecule has 4 heterocycles. The van der Waals surface area contributed by atoms with Crippen molar-refractivity contribution in [2.45, 2.75) is 179 Å². The zero-order chi connectivity index (χ0) is 36.9. The first-order valence-corrected chi connectivity index (χ1v) is 16.2. The minimum absolute atomic E-state index is 0.0000463. The Balaban J connectivity index is 0.000000320. The highest BCUT2D eigenvalue weighted by Crippen LogP contribution is 2.24. The monoisotopic (exact) mass is 708 g/mol. The van der Waals surface area contributed by atoms with Crippen LogP contribution in [0.25, 0.3) is 0 Å². The quantitative estimate of drug-likeness (QED) is 0.111. The second-order valence-electron chi connectivity index (χ2n) is 12.7. The van der Waals surface area contributed by atoms with Crippen molar-refractivity contribution in [1.29, 1.82) is 0 Å². The van der Waals surface area contributed by atoms with E-state index in [1.165, 1.54) is 0 Å². The molecule has 14 atom stereocenters. The molecule has 18 nitrogen and oxygen atoms in total. The summed E-state index contributed by atoms with van der Waals surface area (Å²) in [7, 11) is 0. The smallest absolute Gasteiger partial charge is 0.189 e. The SMILES string of the molecule is CC(C)OC1OC(CO)C(O)C1O.CC(C)OC1OC(CO)CC1O.CC(C)OC1OC(O)C(O)C1O.CC(C)OC1OC(O)CC1O. The summed E-state index contributed by atoms with van der Waals surface area (Å²) < 4.78 is 40.6. The molecule has 0 radical (unpaired) electrons. The summed E-state index contributed by atoms with van der Waals surface area (Å²) >= 11 is 0. The normalized spacial score (nSPS) is 39.4. The molecule has 0 aliphatic carbocycles. The van der Waals surface area contributed by atoms with E-state index < -0.39 is 80.5 Å². The van der Waals surface area contributed by atoms with Gasteiger partial charge in [0.05, 0.1) is 43.7 Å². The first-order valence-electron chi connectivity index (χ1n) is 16.2. The molecule has 0 aromatic rings. The highest BCUT2D eigenvalue weighted by Gasteiger charge is 2.44. The lowest BCUT2D eigenvalue weighted by molar-refractivity contribution is -0.217. The van der Waals surface area contributed by atoms with Gasteiger partial charge >= 0.3 is 0 Å². The Morgan fingerprint density at radius 2 is 0.896 bits per heavy atom. The molecule has 0 spiro atoms. The van der Waals surface area contributed by atoms with Crippen LogP contribution in [0.2, 0.25) is 0 Å². The third-order valence-corrected chi connectivity index (χ3v) is 6.72. The number of hydrogen-bond acceptors (Lipinski definition) is 18. The maximum atomic E-state index is 9.40. The van der Waals surface area contributed by atoms with Gasteiger partial charge in [0, 0.05) is 12.8 Å². The fraction of sp³-hybridized carbons (Fsp3) is 1.00. The van der Waals surface area contributed by atoms with E-state index in [1.807, 2.05) is 27.7 Å². The first-order chi connectivity index (χ1) is 22.3. The molecule has 48 heavy (non-hydrogen) atoms. The highest BCUT2D eigenvalue weighted by molar-refractivity contribution is 4.86. The van der Waals surface area contributed by atoms with Crippen molar-refractivity contribution in [2.24, 2.45) is 0 Å². The topological polar surface area (TPSA) is 276 Å². The first kappa shape index (κ1) is 45.3. The van der Waals surface area contributed by atoms with E-state index in [1.54, 1.807) is 27.7 Å². The number of hydrogen-bond donors (Lipinski definition) is 10. The van der Waals surface area contributed by atoms with Gasteiger partial charge in [0.15, 0.2) is 37.7 Å². The van der Waals surface area contributed by atoms with Crippen LogP contribution in [-0.2, 0) is 37.9 Å². The maximum Gasteiger partial charge on any atom is 0.189 e. The van der Waals surface area contributed by atoms with Crippen molar-refractivity contribution in [3.63, 3.8) is 0 Å². The van der Waals surface area contributed by atoms with Crippen molar-refractivity contribution in [1.82, 2.24) is 0 Å². The Morgan fingerprint density at radius 3 is 1.23 bits per heavy atom. The van der Waals surface area contributed by atoms with Gasteiger partial charge in [0.25, 0.3) is 0 Å². The van der Waals surface area contributed by atoms with E-state index in [4.69, 9.17) is 63.4 Å². The molecule has 10 N–H and O–H groups in total. The third kappa shape index (κ3) is 15.7. The molecule has 18 heteroatoms. The van der Waals surface area contributed by atoms with Gasteiger partial charge < -0.3 is 89.0 Å². The van der Waals surface area contributed by atoms with Crippen molar-refractivity contribution < 1.29 is 89.0 Å². The summed E-state index contributed by atoms with van der Waals surface area (Å²) in [6.45, 7) is 14.2. The van der Waals surface area contributed by atoms with Crippen LogP contribution in [0.15, 0.2) is 0 Å². The lowest BCUT2D eigenvalue weighted by atomic mass is 10.1. The Labute approximate surface area is 281 Å². The lowest BCUT2D eigenvalue weighted by Gasteiger charge is -2.17. The molecule has 0 aromatic carbocycles. The zero-order valence-corrected chi connectivity index (χ0v) is 29.0. The Bertz CT molecular complexity index is 834. The Kier molecular flexibility index (Phi) is 21.0. The Morgan fingerprint density at radius 1 is 0.479 bits per heavy atom. The molecule has 4 fully saturated rings. The molecule has 0 bridgehead atoms. The largest absolute Gasteiger partial charge is 0.394 e. The second kappa shape index (κ2) is 22.3. The molecule has 4 rings (SSSR count). The van der Waals surface area contributed by atoms with Crippen LogP contribution in [0.4, 0.5) is 0 Å². The Hall–Kier alpha value is -0.720. The summed E-state index contributed by atoms with van der Waals surface area (Å²) in [5.74, 6) is 0. The van der Waals surface area contributed by atoms with Crippen molar-refractivity contribution >= 4 is 0 Å². The average molecular weight is 709 g/mol. The molecule has 4 aliphatic rings. The molecule has 4 aliphatic heterocycles.